The summed E-state index contributed by atoms with van der Waals surface area (Å²) in [6.45, 7) is 5.30. The minimum Gasteiger partial charge on any atom is -0.481 e. The highest BCUT2D eigenvalue weighted by Crippen LogP contribution is 2.17. The van der Waals surface area contributed by atoms with Gasteiger partial charge >= 0.3 is 6.09 Å². The van der Waals surface area contributed by atoms with Crippen molar-refractivity contribution in [3.05, 3.63) is 6.07 Å². The van der Waals surface area contributed by atoms with Crippen molar-refractivity contribution in [2.75, 3.05) is 12.8 Å². The molecule has 0 aliphatic heterocycles. The number of anilines is 1. The van der Waals surface area contributed by atoms with E-state index in [0.717, 1.165) is 4.68 Å². The molecule has 1 aromatic rings. The summed E-state index contributed by atoms with van der Waals surface area (Å²) < 4.78 is 11.0. The highest BCUT2D eigenvalue weighted by molar-refractivity contribution is 5.72. The molecule has 6 heteroatoms. The van der Waals surface area contributed by atoms with Crippen molar-refractivity contribution in [1.82, 2.24) is 9.78 Å². The minimum absolute atomic E-state index is 0.206. The Balaban J connectivity index is 2.91. The van der Waals surface area contributed by atoms with Gasteiger partial charge in [-0.05, 0) is 20.8 Å². The Morgan fingerprint density at radius 3 is 2.60 bits per heavy atom. The molecule has 1 rings (SSSR count). The fourth-order valence-electron chi connectivity index (χ4n) is 0.963. The van der Waals surface area contributed by atoms with Crippen LogP contribution in [0.25, 0.3) is 0 Å². The van der Waals surface area contributed by atoms with E-state index in [9.17, 15) is 4.79 Å². The van der Waals surface area contributed by atoms with Crippen LogP contribution < -0.4 is 10.5 Å². The van der Waals surface area contributed by atoms with Gasteiger partial charge in [-0.3, -0.25) is 0 Å². The van der Waals surface area contributed by atoms with E-state index in [0.29, 0.717) is 0 Å². The first-order chi connectivity index (χ1) is 6.83. The third kappa shape index (κ3) is 2.87. The maximum absolute atomic E-state index is 11.6. The van der Waals surface area contributed by atoms with Gasteiger partial charge in [0.1, 0.15) is 11.4 Å². The fourth-order valence-corrected chi connectivity index (χ4v) is 0.963. The Kier molecular flexibility index (Phi) is 2.88. The number of methoxy groups -OCH3 is 1. The average molecular weight is 213 g/mol. The predicted octanol–water partition coefficient (Wildman–Crippen LogP) is 1.26. The van der Waals surface area contributed by atoms with Gasteiger partial charge in [0.2, 0.25) is 5.88 Å². The third-order valence-corrected chi connectivity index (χ3v) is 1.47. The Labute approximate surface area is 88.0 Å². The monoisotopic (exact) mass is 213 g/mol. The van der Waals surface area contributed by atoms with Crippen LogP contribution in [0, 0.1) is 0 Å². The normalized spacial score (nSPS) is 11.2. The van der Waals surface area contributed by atoms with Gasteiger partial charge in [-0.2, -0.15) is 0 Å². The van der Waals surface area contributed by atoms with E-state index < -0.39 is 11.7 Å². The van der Waals surface area contributed by atoms with Crippen LogP contribution in [0.15, 0.2) is 6.07 Å². The lowest BCUT2D eigenvalue weighted by Crippen LogP contribution is -2.28. The minimum atomic E-state index is -0.615. The van der Waals surface area contributed by atoms with Crippen LogP contribution in [0.2, 0.25) is 0 Å². The molecule has 0 amide bonds. The molecule has 84 valence electrons. The smallest absolute Gasteiger partial charge is 0.438 e. The number of nitrogens with two attached hydrogens (primary N) is 1. The first-order valence-electron chi connectivity index (χ1n) is 4.46. The van der Waals surface area contributed by atoms with E-state index in [1.54, 1.807) is 20.8 Å². The lowest BCUT2D eigenvalue weighted by molar-refractivity contribution is 0.0501. The van der Waals surface area contributed by atoms with Crippen molar-refractivity contribution < 1.29 is 14.3 Å². The fraction of sp³-hybridized carbons (Fsp3) is 0.556. The second kappa shape index (κ2) is 3.80. The van der Waals surface area contributed by atoms with Crippen molar-refractivity contribution >= 4 is 11.9 Å². The molecule has 2 N–H and O–H groups in total. The van der Waals surface area contributed by atoms with Gasteiger partial charge in [0.15, 0.2) is 0 Å². The number of rotatable bonds is 1. The van der Waals surface area contributed by atoms with Crippen molar-refractivity contribution in [2.45, 2.75) is 26.4 Å². The number of hydrogen-bond acceptors (Lipinski definition) is 5. The zero-order valence-electron chi connectivity index (χ0n) is 9.27. The van der Waals surface area contributed by atoms with Gasteiger partial charge in [-0.15, -0.1) is 9.78 Å². The molecule has 0 unspecified atom stereocenters. The van der Waals surface area contributed by atoms with Crippen LogP contribution >= 0.6 is 0 Å². The summed E-state index contributed by atoms with van der Waals surface area (Å²) in [5.41, 5.74) is 4.86. The summed E-state index contributed by atoms with van der Waals surface area (Å²) in [5, 5.41) is 3.76. The number of nitrogen functional groups attached to an aromatic ring is 1. The maximum Gasteiger partial charge on any atom is 0.438 e. The molecule has 1 aromatic heterocycles. The van der Waals surface area contributed by atoms with Crippen molar-refractivity contribution in [3.63, 3.8) is 0 Å². The summed E-state index contributed by atoms with van der Waals surface area (Å²) >= 11 is 0. The summed E-state index contributed by atoms with van der Waals surface area (Å²) in [6.07, 6.45) is -0.615. The molecule has 0 radical (unpaired) electrons. The second-order valence-corrected chi connectivity index (χ2v) is 4.00. The Morgan fingerprint density at radius 1 is 1.53 bits per heavy atom. The molecule has 0 atom stereocenters. The molecule has 0 aliphatic carbocycles. The Bertz CT molecular complexity index is 365. The predicted molar refractivity (Wildman–Crippen MR) is 54.8 cm³/mol. The zero-order chi connectivity index (χ0) is 11.6. The highest BCUT2D eigenvalue weighted by Gasteiger charge is 2.21. The van der Waals surface area contributed by atoms with Crippen LogP contribution in [-0.4, -0.2) is 28.6 Å². The van der Waals surface area contributed by atoms with Gasteiger partial charge in [-0.25, -0.2) is 4.79 Å². The first kappa shape index (κ1) is 11.4. The van der Waals surface area contributed by atoms with Gasteiger partial charge in [0, 0.05) is 6.07 Å². The SMILES string of the molecule is COc1cc(N)nn1C(=O)OC(C)(C)C. The van der Waals surface area contributed by atoms with Crippen LogP contribution in [0.5, 0.6) is 5.88 Å². The highest BCUT2D eigenvalue weighted by atomic mass is 16.6. The number of carbonyl (C=O) groups excluding carboxylic acids is 1. The molecule has 0 spiro atoms. The standard InChI is InChI=1S/C9H15N3O3/c1-9(2,3)15-8(13)12-7(14-4)5-6(10)11-12/h5H,1-4H3,(H2,10,11). The van der Waals surface area contributed by atoms with E-state index in [1.807, 2.05) is 0 Å². The zero-order valence-corrected chi connectivity index (χ0v) is 9.27. The van der Waals surface area contributed by atoms with Crippen LogP contribution in [0.3, 0.4) is 0 Å². The average Bonchev–Trinajstić information content (AvgIpc) is 2.43. The molecule has 6 nitrogen and oxygen atoms in total. The summed E-state index contributed by atoms with van der Waals surface area (Å²) in [7, 11) is 1.43. The van der Waals surface area contributed by atoms with Gasteiger partial charge in [-0.1, -0.05) is 0 Å². The van der Waals surface area contributed by atoms with Crippen LogP contribution in [0.4, 0.5) is 10.6 Å². The van der Waals surface area contributed by atoms with E-state index in [4.69, 9.17) is 15.2 Å². The lowest BCUT2D eigenvalue weighted by Gasteiger charge is -2.19. The first-order valence-corrected chi connectivity index (χ1v) is 4.46. The molecule has 1 heterocycles. The largest absolute Gasteiger partial charge is 0.481 e. The molecular formula is C9H15N3O3. The quantitative estimate of drug-likeness (QED) is 0.759. The van der Waals surface area contributed by atoms with E-state index >= 15 is 0 Å². The summed E-state index contributed by atoms with van der Waals surface area (Å²) in [6, 6.07) is 1.45. The van der Waals surface area contributed by atoms with Gasteiger partial charge in [0.25, 0.3) is 0 Å². The topological polar surface area (TPSA) is 79.4 Å². The number of carbonyl (C=O) groups is 1. The number of hydrogen-bond donors (Lipinski definition) is 1. The van der Waals surface area contributed by atoms with Crippen LogP contribution in [0.1, 0.15) is 20.8 Å². The number of ether oxygens (including phenoxy) is 2. The van der Waals surface area contributed by atoms with Gasteiger partial charge < -0.3 is 15.2 Å². The van der Waals surface area contributed by atoms with E-state index in [2.05, 4.69) is 5.10 Å². The van der Waals surface area contributed by atoms with Crippen molar-refractivity contribution in [3.8, 4) is 5.88 Å². The lowest BCUT2D eigenvalue weighted by atomic mass is 10.2. The van der Waals surface area contributed by atoms with Gasteiger partial charge in [0.05, 0.1) is 7.11 Å². The maximum atomic E-state index is 11.6. The molecular weight excluding hydrogens is 198 g/mol. The molecule has 0 bridgehead atoms. The number of aromatic nitrogens is 2. The third-order valence-electron chi connectivity index (χ3n) is 1.47. The molecule has 0 aromatic carbocycles. The van der Waals surface area contributed by atoms with E-state index in [-0.39, 0.29) is 11.7 Å². The summed E-state index contributed by atoms with van der Waals surface area (Å²) in [5.74, 6) is 0.458. The Hall–Kier alpha value is -1.72. The molecule has 0 aliphatic rings. The second-order valence-electron chi connectivity index (χ2n) is 4.00. The van der Waals surface area contributed by atoms with Crippen molar-refractivity contribution in [2.24, 2.45) is 0 Å². The Morgan fingerprint density at radius 2 is 2.13 bits per heavy atom. The molecule has 0 fully saturated rings. The molecule has 0 saturated heterocycles. The molecule has 0 saturated carbocycles. The summed E-state index contributed by atoms with van der Waals surface area (Å²) in [4.78, 5) is 11.6. The van der Waals surface area contributed by atoms with Crippen LogP contribution in [-0.2, 0) is 4.74 Å². The number of nitrogens with zero attached hydrogens (tertiary/aromatic N) is 2. The van der Waals surface area contributed by atoms with E-state index in [1.165, 1.54) is 13.2 Å². The van der Waals surface area contributed by atoms with Crippen molar-refractivity contribution in [1.29, 1.82) is 0 Å². The molecule has 15 heavy (non-hydrogen) atoms.